The number of carbonyl (C=O) groups excluding carboxylic acids is 1. The first-order valence-electron chi connectivity index (χ1n) is 9.19. The molecular weight excluding hydrogens is 342 g/mol. The zero-order chi connectivity index (χ0) is 21.2. The first-order chi connectivity index (χ1) is 12.8. The molecule has 0 aliphatic heterocycles. The predicted molar refractivity (Wildman–Crippen MR) is 116 cm³/mol. The van der Waals surface area contributed by atoms with E-state index in [4.69, 9.17) is 5.11 Å². The van der Waals surface area contributed by atoms with Crippen molar-refractivity contribution in [1.29, 1.82) is 0 Å². The Balaban J connectivity index is 0. The number of para-hydroxylation sites is 1. The maximum Gasteiger partial charge on any atom is 0.207 e. The molecule has 0 unspecified atom stereocenters. The van der Waals surface area contributed by atoms with Crippen LogP contribution in [0, 0.1) is 6.92 Å². The van der Waals surface area contributed by atoms with Gasteiger partial charge >= 0.3 is 0 Å². The molecule has 0 aliphatic carbocycles. The van der Waals surface area contributed by atoms with Crippen LogP contribution >= 0.6 is 0 Å². The highest BCUT2D eigenvalue weighted by molar-refractivity contribution is 5.92. The molecule has 0 atom stereocenters. The molecule has 154 valence electrons. The fourth-order valence-electron chi connectivity index (χ4n) is 1.83. The molecule has 2 rings (SSSR count). The largest absolute Gasteiger partial charge is 0.508 e. The number of H-pyrrole nitrogens is 1. The van der Waals surface area contributed by atoms with Crippen molar-refractivity contribution in [2.24, 2.45) is 0 Å². The molecule has 1 aromatic carbocycles. The van der Waals surface area contributed by atoms with E-state index >= 15 is 0 Å². The summed E-state index contributed by atoms with van der Waals surface area (Å²) in [6.07, 6.45) is 2.39. The fourth-order valence-corrected chi connectivity index (χ4v) is 1.83. The molecule has 0 fully saturated rings. The van der Waals surface area contributed by atoms with Crippen molar-refractivity contribution in [3.05, 3.63) is 41.6 Å². The van der Waals surface area contributed by atoms with E-state index in [9.17, 15) is 9.90 Å². The number of amides is 1. The summed E-state index contributed by atoms with van der Waals surface area (Å²) < 4.78 is 0. The second kappa shape index (κ2) is 17.1. The van der Waals surface area contributed by atoms with Crippen molar-refractivity contribution in [1.82, 2.24) is 15.2 Å². The number of nitrogens with one attached hydrogen (secondary N) is 2. The minimum absolute atomic E-state index is 0.250. The van der Waals surface area contributed by atoms with E-state index < -0.39 is 0 Å². The van der Waals surface area contributed by atoms with Crippen molar-refractivity contribution < 1.29 is 15.0 Å². The van der Waals surface area contributed by atoms with Crippen LogP contribution in [0.1, 0.15) is 39.0 Å². The van der Waals surface area contributed by atoms with Gasteiger partial charge in [0.2, 0.25) is 6.41 Å². The quantitative estimate of drug-likeness (QED) is 0.482. The highest BCUT2D eigenvalue weighted by Crippen LogP contribution is 2.26. The minimum Gasteiger partial charge on any atom is -0.508 e. The van der Waals surface area contributed by atoms with E-state index in [-0.39, 0.29) is 6.61 Å². The zero-order valence-corrected chi connectivity index (χ0v) is 17.8. The number of aryl methyl sites for hydroxylation is 1. The lowest BCUT2D eigenvalue weighted by Gasteiger charge is -2.00. The van der Waals surface area contributed by atoms with Gasteiger partial charge in [0.05, 0.1) is 0 Å². The molecule has 6 heteroatoms. The normalized spacial score (nSPS) is 10.0. The number of aliphatic hydroxyl groups is 2. The van der Waals surface area contributed by atoms with Crippen LogP contribution in [-0.4, -0.2) is 60.3 Å². The van der Waals surface area contributed by atoms with Crippen LogP contribution in [0.2, 0.25) is 0 Å². The predicted octanol–water partition coefficient (Wildman–Crippen LogP) is 3.71. The Morgan fingerprint density at radius 1 is 1.22 bits per heavy atom. The Morgan fingerprint density at radius 2 is 1.74 bits per heavy atom. The number of aromatic nitrogens is 1. The van der Waals surface area contributed by atoms with E-state index in [2.05, 4.69) is 36.2 Å². The number of hydrogen-bond acceptors (Lipinski definition) is 4. The van der Waals surface area contributed by atoms with Crippen LogP contribution in [0.3, 0.4) is 0 Å². The number of hydrogen-bond donors (Lipinski definition) is 4. The molecule has 27 heavy (non-hydrogen) atoms. The highest BCUT2D eigenvalue weighted by Gasteiger charge is 2.10. The molecule has 1 amide bonds. The van der Waals surface area contributed by atoms with Gasteiger partial charge in [0.1, 0.15) is 5.76 Å². The number of aliphatic hydroxyl groups excluding tert-OH is 2. The number of rotatable bonds is 4. The number of fused-ring (bicyclic) bond motifs is 1. The Kier molecular flexibility index (Phi) is 17.1. The lowest BCUT2D eigenvalue weighted by molar-refractivity contribution is -0.109. The number of aromatic amines is 1. The maximum atomic E-state index is 9.74. The van der Waals surface area contributed by atoms with E-state index in [1.165, 1.54) is 0 Å². The third kappa shape index (κ3) is 11.8. The zero-order valence-electron chi connectivity index (χ0n) is 17.8. The molecular formula is C21H37N3O3. The van der Waals surface area contributed by atoms with Crippen LogP contribution in [0.4, 0.5) is 0 Å². The minimum atomic E-state index is 0.250. The summed E-state index contributed by atoms with van der Waals surface area (Å²) in [5.74, 6) is 0.333. The monoisotopic (exact) mass is 379 g/mol. The first-order valence-corrected chi connectivity index (χ1v) is 9.19. The SMILES string of the molecule is C/C=C(/O)c1c(C)[nH]c2ccccc12.CCN(C)C.CCNC=O.CCO. The van der Waals surface area contributed by atoms with Gasteiger partial charge in [-0.15, -0.1) is 0 Å². The van der Waals surface area contributed by atoms with E-state index in [1.54, 1.807) is 13.0 Å². The van der Waals surface area contributed by atoms with E-state index in [0.29, 0.717) is 12.2 Å². The van der Waals surface area contributed by atoms with Gasteiger partial charge in [-0.2, -0.15) is 0 Å². The fraction of sp³-hybridized carbons (Fsp3) is 0.476. The molecule has 0 radical (unpaired) electrons. The van der Waals surface area contributed by atoms with Gasteiger partial charge in [0.15, 0.2) is 0 Å². The van der Waals surface area contributed by atoms with Crippen molar-refractivity contribution in [3.8, 4) is 0 Å². The Morgan fingerprint density at radius 3 is 2.11 bits per heavy atom. The second-order valence-corrected chi connectivity index (χ2v) is 5.73. The van der Waals surface area contributed by atoms with Gasteiger partial charge < -0.3 is 25.4 Å². The van der Waals surface area contributed by atoms with Gasteiger partial charge in [-0.1, -0.05) is 25.1 Å². The number of allylic oxidation sites excluding steroid dienone is 1. The van der Waals surface area contributed by atoms with Crippen LogP contribution in [0.5, 0.6) is 0 Å². The Hall–Kier alpha value is -2.31. The first kappa shape index (κ1) is 26.9. The molecule has 0 saturated heterocycles. The molecule has 0 saturated carbocycles. The third-order valence-corrected chi connectivity index (χ3v) is 3.34. The van der Waals surface area contributed by atoms with E-state index in [0.717, 1.165) is 35.2 Å². The Bertz CT molecular complexity index is 649. The summed E-state index contributed by atoms with van der Waals surface area (Å²) in [4.78, 5) is 14.7. The topological polar surface area (TPSA) is 88.6 Å². The lowest BCUT2D eigenvalue weighted by Crippen LogP contribution is -2.08. The van der Waals surface area contributed by atoms with Gasteiger partial charge in [0.25, 0.3) is 0 Å². The molecule has 0 aliphatic rings. The summed E-state index contributed by atoms with van der Waals surface area (Å²) in [7, 11) is 4.11. The summed E-state index contributed by atoms with van der Waals surface area (Å²) in [5.41, 5.74) is 2.97. The highest BCUT2D eigenvalue weighted by atomic mass is 16.3. The van der Waals surface area contributed by atoms with Gasteiger partial charge in [0, 0.05) is 35.3 Å². The van der Waals surface area contributed by atoms with Crippen LogP contribution in [-0.2, 0) is 4.79 Å². The van der Waals surface area contributed by atoms with Gasteiger partial charge in [-0.3, -0.25) is 4.79 Å². The Labute approximate surface area is 163 Å². The van der Waals surface area contributed by atoms with E-state index in [1.807, 2.05) is 45.0 Å². The summed E-state index contributed by atoms with van der Waals surface area (Å²) in [6, 6.07) is 7.97. The molecule has 1 aromatic heterocycles. The molecule has 2 aromatic rings. The molecule has 0 bridgehead atoms. The van der Waals surface area contributed by atoms with Crippen molar-refractivity contribution >= 4 is 23.1 Å². The average Bonchev–Trinajstić information content (AvgIpc) is 2.99. The van der Waals surface area contributed by atoms with Crippen molar-refractivity contribution in [2.45, 2.75) is 34.6 Å². The van der Waals surface area contributed by atoms with Crippen LogP contribution in [0.15, 0.2) is 30.3 Å². The van der Waals surface area contributed by atoms with Crippen LogP contribution in [0.25, 0.3) is 16.7 Å². The molecule has 4 N–H and O–H groups in total. The van der Waals surface area contributed by atoms with Gasteiger partial charge in [-0.25, -0.2) is 0 Å². The standard InChI is InChI=1S/C12H13NO.C4H11N.C3H7NO.C2H6O/c1-3-11(14)12-8(2)13-10-7-5-4-6-9(10)12;1-4-5(2)3;1-2-4-3-5;1-2-3/h3-7,13-14H,1-2H3;4H2,1-3H3;3H,2H2,1H3,(H,4,5);3H,2H2,1H3/b11-3+;;;. The summed E-state index contributed by atoms with van der Waals surface area (Å²) >= 11 is 0. The second-order valence-electron chi connectivity index (χ2n) is 5.73. The summed E-state index contributed by atoms with van der Waals surface area (Å²) in [6.45, 7) is 11.6. The summed E-state index contributed by atoms with van der Waals surface area (Å²) in [5, 5.41) is 20.8. The molecule has 0 spiro atoms. The smallest absolute Gasteiger partial charge is 0.207 e. The average molecular weight is 380 g/mol. The van der Waals surface area contributed by atoms with Gasteiger partial charge in [-0.05, 0) is 60.5 Å². The third-order valence-electron chi connectivity index (χ3n) is 3.34. The van der Waals surface area contributed by atoms with Crippen molar-refractivity contribution in [3.63, 3.8) is 0 Å². The lowest BCUT2D eigenvalue weighted by atomic mass is 10.1. The molecule has 1 heterocycles. The van der Waals surface area contributed by atoms with Crippen LogP contribution < -0.4 is 5.32 Å². The number of carbonyl (C=O) groups is 1. The molecule has 6 nitrogen and oxygen atoms in total. The number of benzene rings is 1. The maximum absolute atomic E-state index is 9.74. The van der Waals surface area contributed by atoms with Crippen molar-refractivity contribution in [2.75, 3.05) is 33.8 Å². The number of nitrogens with zero attached hydrogens (tertiary/aromatic N) is 1.